The van der Waals surface area contributed by atoms with Crippen molar-refractivity contribution < 1.29 is 27.2 Å². The van der Waals surface area contributed by atoms with Gasteiger partial charge in [0.2, 0.25) is 5.91 Å². The Hall–Kier alpha value is -2.77. The van der Waals surface area contributed by atoms with E-state index in [2.05, 4.69) is 0 Å². The Balaban J connectivity index is 1.62. The number of benzene rings is 1. The van der Waals surface area contributed by atoms with E-state index in [0.717, 1.165) is 11.1 Å². The number of fused-ring (bicyclic) bond motifs is 1. The highest BCUT2D eigenvalue weighted by molar-refractivity contribution is 5.96. The van der Waals surface area contributed by atoms with Crippen LogP contribution in [0.1, 0.15) is 34.5 Å². The van der Waals surface area contributed by atoms with Crippen LogP contribution in [0.5, 0.6) is 0 Å². The normalized spacial score (nSPS) is 22.3. The van der Waals surface area contributed by atoms with E-state index in [-0.39, 0.29) is 38.2 Å². The number of nitrogens with zero attached hydrogens (tertiary/aromatic N) is 2. The molecule has 0 aliphatic carbocycles. The first kappa shape index (κ1) is 19.5. The molecule has 2 unspecified atom stereocenters. The average molecular weight is 406 g/mol. The predicted molar refractivity (Wildman–Crippen MR) is 97.9 cm³/mol. The van der Waals surface area contributed by atoms with E-state index in [1.807, 2.05) is 24.3 Å². The fourth-order valence-electron chi connectivity index (χ4n) is 4.15. The van der Waals surface area contributed by atoms with Crippen LogP contribution in [0, 0.1) is 5.92 Å². The lowest BCUT2D eigenvalue weighted by molar-refractivity contribution is -0.188. The second-order valence-corrected chi connectivity index (χ2v) is 7.56. The molecule has 1 aromatic heterocycles. The van der Waals surface area contributed by atoms with Crippen molar-refractivity contribution in [3.8, 4) is 0 Å². The smallest absolute Gasteiger partial charge is 0.393 e. The molecule has 5 nitrogen and oxygen atoms in total. The summed E-state index contributed by atoms with van der Waals surface area (Å²) < 4.78 is 44.8. The number of hydrogen-bond acceptors (Lipinski definition) is 3. The minimum absolute atomic E-state index is 0.0236. The zero-order valence-electron chi connectivity index (χ0n) is 15.7. The standard InChI is InChI=1S/C21H21F3N2O3/c22-21(23,24)16-7-3-9-25(13-16)19(27)17-11-14-5-1-2-6-15(14)12-26(17)20(28)18-8-4-10-29-18/h1-2,4-6,8,10,16-17H,3,7,9,11-13H2. The van der Waals surface area contributed by atoms with Crippen LogP contribution in [0.3, 0.4) is 0 Å². The van der Waals surface area contributed by atoms with Crippen LogP contribution in [-0.2, 0) is 17.8 Å². The summed E-state index contributed by atoms with van der Waals surface area (Å²) in [7, 11) is 0. The van der Waals surface area contributed by atoms with Crippen LogP contribution in [0.2, 0.25) is 0 Å². The molecule has 0 bridgehead atoms. The third kappa shape index (κ3) is 3.88. The maximum atomic E-state index is 13.3. The zero-order valence-corrected chi connectivity index (χ0v) is 15.7. The maximum absolute atomic E-state index is 13.3. The van der Waals surface area contributed by atoms with Gasteiger partial charge in [-0.25, -0.2) is 0 Å². The molecule has 2 aliphatic rings. The van der Waals surface area contributed by atoms with Crippen molar-refractivity contribution >= 4 is 11.8 Å². The number of alkyl halides is 3. The lowest BCUT2D eigenvalue weighted by Crippen LogP contribution is -2.56. The molecular formula is C21H21F3N2O3. The van der Waals surface area contributed by atoms with Gasteiger partial charge in [-0.3, -0.25) is 9.59 Å². The molecule has 29 heavy (non-hydrogen) atoms. The highest BCUT2D eigenvalue weighted by atomic mass is 19.4. The van der Waals surface area contributed by atoms with Crippen LogP contribution < -0.4 is 0 Å². The third-order valence-electron chi connectivity index (χ3n) is 5.72. The first-order valence-corrected chi connectivity index (χ1v) is 9.61. The summed E-state index contributed by atoms with van der Waals surface area (Å²) in [5.41, 5.74) is 1.85. The van der Waals surface area contributed by atoms with E-state index >= 15 is 0 Å². The van der Waals surface area contributed by atoms with Gasteiger partial charge in [0.05, 0.1) is 12.2 Å². The summed E-state index contributed by atoms with van der Waals surface area (Å²) in [5, 5.41) is 0. The molecule has 2 amide bonds. The van der Waals surface area contributed by atoms with E-state index in [0.29, 0.717) is 6.42 Å². The molecule has 2 aromatic rings. The topological polar surface area (TPSA) is 53.8 Å². The minimum Gasteiger partial charge on any atom is -0.459 e. The van der Waals surface area contributed by atoms with E-state index in [1.54, 1.807) is 6.07 Å². The van der Waals surface area contributed by atoms with Crippen molar-refractivity contribution in [1.82, 2.24) is 9.80 Å². The molecule has 0 saturated carbocycles. The van der Waals surface area contributed by atoms with Gasteiger partial charge < -0.3 is 14.2 Å². The van der Waals surface area contributed by atoms with Gasteiger partial charge in [0.15, 0.2) is 5.76 Å². The molecule has 8 heteroatoms. The number of likely N-dealkylation sites (tertiary alicyclic amines) is 1. The SMILES string of the molecule is O=C(C1Cc2ccccc2CN1C(=O)c1ccco1)N1CCCC(C(F)(F)F)C1. The lowest BCUT2D eigenvalue weighted by atomic mass is 9.91. The Morgan fingerprint density at radius 2 is 1.83 bits per heavy atom. The average Bonchev–Trinajstić information content (AvgIpc) is 3.26. The molecule has 154 valence electrons. The zero-order chi connectivity index (χ0) is 20.6. The first-order chi connectivity index (χ1) is 13.8. The molecule has 2 atom stereocenters. The van der Waals surface area contributed by atoms with Gasteiger partial charge in [0, 0.05) is 26.1 Å². The Morgan fingerprint density at radius 1 is 1.07 bits per heavy atom. The quantitative estimate of drug-likeness (QED) is 0.765. The van der Waals surface area contributed by atoms with Crippen molar-refractivity contribution in [2.45, 2.75) is 38.0 Å². The molecule has 4 rings (SSSR count). The Kier molecular flexibility index (Phi) is 5.10. The number of carbonyl (C=O) groups excluding carboxylic acids is 2. The van der Waals surface area contributed by atoms with E-state index < -0.39 is 30.0 Å². The summed E-state index contributed by atoms with van der Waals surface area (Å²) in [6, 6.07) is 9.73. The molecule has 1 saturated heterocycles. The van der Waals surface area contributed by atoms with Gasteiger partial charge in [-0.1, -0.05) is 24.3 Å². The number of halogens is 3. The van der Waals surface area contributed by atoms with Gasteiger partial charge in [0.25, 0.3) is 5.91 Å². The minimum atomic E-state index is -4.33. The maximum Gasteiger partial charge on any atom is 0.393 e. The van der Waals surface area contributed by atoms with Crippen molar-refractivity contribution in [3.63, 3.8) is 0 Å². The molecule has 1 fully saturated rings. The predicted octanol–water partition coefficient (Wildman–Crippen LogP) is 3.65. The Labute approximate surface area is 166 Å². The van der Waals surface area contributed by atoms with Crippen molar-refractivity contribution in [2.24, 2.45) is 5.92 Å². The number of piperidine rings is 1. The molecule has 0 N–H and O–H groups in total. The highest BCUT2D eigenvalue weighted by Crippen LogP contribution is 2.34. The number of furan rings is 1. The third-order valence-corrected chi connectivity index (χ3v) is 5.72. The molecule has 0 spiro atoms. The number of hydrogen-bond donors (Lipinski definition) is 0. The van der Waals surface area contributed by atoms with Gasteiger partial charge in [0.1, 0.15) is 6.04 Å². The van der Waals surface area contributed by atoms with Crippen molar-refractivity contribution in [2.75, 3.05) is 13.1 Å². The lowest BCUT2D eigenvalue weighted by Gasteiger charge is -2.41. The van der Waals surface area contributed by atoms with Gasteiger partial charge in [-0.15, -0.1) is 0 Å². The van der Waals surface area contributed by atoms with E-state index in [4.69, 9.17) is 4.42 Å². The first-order valence-electron chi connectivity index (χ1n) is 9.61. The van der Waals surface area contributed by atoms with Crippen LogP contribution in [0.25, 0.3) is 0 Å². The number of carbonyl (C=O) groups is 2. The summed E-state index contributed by atoms with van der Waals surface area (Å²) in [5.74, 6) is -2.29. The van der Waals surface area contributed by atoms with E-state index in [9.17, 15) is 22.8 Å². The largest absolute Gasteiger partial charge is 0.459 e. The summed E-state index contributed by atoms with van der Waals surface area (Å²) in [6.07, 6.45) is -2.36. The van der Waals surface area contributed by atoms with Crippen LogP contribution in [-0.4, -0.2) is 46.9 Å². The highest BCUT2D eigenvalue weighted by Gasteiger charge is 2.45. The monoisotopic (exact) mass is 406 g/mol. The Morgan fingerprint density at radius 3 is 2.52 bits per heavy atom. The van der Waals surface area contributed by atoms with Crippen LogP contribution >= 0.6 is 0 Å². The molecular weight excluding hydrogens is 385 g/mol. The van der Waals surface area contributed by atoms with E-state index in [1.165, 1.54) is 22.1 Å². The number of rotatable bonds is 2. The van der Waals surface area contributed by atoms with Crippen LogP contribution in [0.4, 0.5) is 13.2 Å². The summed E-state index contributed by atoms with van der Waals surface area (Å²) >= 11 is 0. The Bertz CT molecular complexity index is 895. The fourth-order valence-corrected chi connectivity index (χ4v) is 4.15. The summed E-state index contributed by atoms with van der Waals surface area (Å²) in [6.45, 7) is 0.123. The van der Waals surface area contributed by atoms with Crippen molar-refractivity contribution in [1.29, 1.82) is 0 Å². The molecule has 2 aliphatic heterocycles. The fraction of sp³-hybridized carbons (Fsp3) is 0.429. The molecule has 0 radical (unpaired) electrons. The second kappa shape index (κ2) is 7.57. The number of amides is 2. The molecule has 1 aromatic carbocycles. The van der Waals surface area contributed by atoms with Gasteiger partial charge in [-0.2, -0.15) is 13.2 Å². The molecule has 3 heterocycles. The van der Waals surface area contributed by atoms with Crippen LogP contribution in [0.15, 0.2) is 47.1 Å². The second-order valence-electron chi connectivity index (χ2n) is 7.56. The van der Waals surface area contributed by atoms with Gasteiger partial charge >= 0.3 is 6.18 Å². The van der Waals surface area contributed by atoms with Gasteiger partial charge in [-0.05, 0) is 36.1 Å². The van der Waals surface area contributed by atoms with Crippen molar-refractivity contribution in [3.05, 3.63) is 59.5 Å². The summed E-state index contributed by atoms with van der Waals surface area (Å²) in [4.78, 5) is 28.9.